The fourth-order valence-electron chi connectivity index (χ4n) is 2.50. The number of carbonyl (C=O) groups is 3. The maximum Gasteiger partial charge on any atom is 0.336 e. The highest BCUT2D eigenvalue weighted by Gasteiger charge is 2.38. The molecule has 0 saturated heterocycles. The van der Waals surface area contributed by atoms with Crippen LogP contribution in [0, 0.1) is 0 Å². The number of carbonyl (C=O) groups excluding carboxylic acids is 1. The summed E-state index contributed by atoms with van der Waals surface area (Å²) in [5, 5.41) is 35.5. The number of thioether (sulfide) groups is 1. The number of allylic oxidation sites excluding steroid dienone is 3. The van der Waals surface area contributed by atoms with Gasteiger partial charge in [0.25, 0.3) is 0 Å². The van der Waals surface area contributed by atoms with E-state index in [-0.39, 0.29) is 0 Å². The van der Waals surface area contributed by atoms with Crippen LogP contribution in [0.15, 0.2) is 23.3 Å². The number of carboxylic acids is 3. The summed E-state index contributed by atoms with van der Waals surface area (Å²) < 4.78 is 0. The predicted octanol–water partition coefficient (Wildman–Crippen LogP) is 0.754. The van der Waals surface area contributed by atoms with Gasteiger partial charge in [-0.2, -0.15) is 11.8 Å². The largest absolute Gasteiger partial charge is 0.550 e. The maximum absolute atomic E-state index is 10.3. The van der Waals surface area contributed by atoms with Crippen molar-refractivity contribution < 1.29 is 39.7 Å². The normalized spacial score (nSPS) is 13.1. The average Bonchev–Trinajstić information content (AvgIpc) is 2.63. The van der Waals surface area contributed by atoms with Gasteiger partial charge in [-0.05, 0) is 47.5 Å². The van der Waals surface area contributed by atoms with Gasteiger partial charge < -0.3 is 30.1 Å². The van der Waals surface area contributed by atoms with Crippen LogP contribution in [0.2, 0.25) is 0 Å². The molecule has 0 aliphatic heterocycles. The molecule has 1 atom stereocenters. The van der Waals surface area contributed by atoms with E-state index in [9.17, 15) is 19.5 Å². The van der Waals surface area contributed by atoms with E-state index < -0.39 is 36.4 Å². The fourth-order valence-corrected chi connectivity index (χ4v) is 3.50. The number of rotatable bonds is 15. The van der Waals surface area contributed by atoms with Crippen LogP contribution in [0.4, 0.5) is 0 Å². The number of quaternary nitrogens is 1. The van der Waals surface area contributed by atoms with E-state index in [1.54, 1.807) is 4.90 Å². The van der Waals surface area contributed by atoms with Gasteiger partial charge in [-0.25, -0.2) is 4.79 Å². The zero-order chi connectivity index (χ0) is 24.4. The Morgan fingerprint density at radius 1 is 1.03 bits per heavy atom. The van der Waals surface area contributed by atoms with Crippen molar-refractivity contribution in [2.45, 2.75) is 65.9 Å². The number of aliphatic hydroxyl groups is 1. The first-order valence-electron chi connectivity index (χ1n) is 10.5. The first-order valence-corrected chi connectivity index (χ1v) is 11.6. The third-order valence-electron chi connectivity index (χ3n) is 4.52. The molecule has 0 amide bonds. The molecule has 0 radical (unpaired) electrons. The molecular weight excluding hydrogens is 422 g/mol. The van der Waals surface area contributed by atoms with Crippen LogP contribution in [0.5, 0.6) is 0 Å². The second-order valence-corrected chi connectivity index (χ2v) is 8.76. The van der Waals surface area contributed by atoms with Gasteiger partial charge in [-0.3, -0.25) is 4.79 Å². The smallest absolute Gasteiger partial charge is 0.336 e. The molecule has 0 rings (SSSR count). The molecule has 0 aromatic heterocycles. The molecule has 1 unspecified atom stereocenters. The summed E-state index contributed by atoms with van der Waals surface area (Å²) in [6, 6.07) is 0. The van der Waals surface area contributed by atoms with Crippen LogP contribution >= 0.6 is 11.8 Å². The monoisotopic (exact) mass is 461 g/mol. The molecule has 0 aliphatic carbocycles. The number of carboxylic acid groups (broad SMARTS) is 3. The third-order valence-corrected chi connectivity index (χ3v) is 5.41. The molecule has 0 aromatic rings. The second-order valence-electron chi connectivity index (χ2n) is 7.61. The van der Waals surface area contributed by atoms with Gasteiger partial charge in [0.05, 0.1) is 26.1 Å². The highest BCUT2D eigenvalue weighted by Crippen LogP contribution is 2.15. The zero-order valence-electron chi connectivity index (χ0n) is 19.4. The summed E-state index contributed by atoms with van der Waals surface area (Å²) in [5.41, 5.74) is 0.166. The molecule has 0 aromatic carbocycles. The van der Waals surface area contributed by atoms with Gasteiger partial charge in [0.1, 0.15) is 0 Å². The van der Waals surface area contributed by atoms with Crippen molar-refractivity contribution in [1.29, 1.82) is 0 Å². The van der Waals surface area contributed by atoms with E-state index in [2.05, 4.69) is 58.5 Å². The topological polar surface area (TPSA) is 139 Å². The number of hydrogen-bond acceptors (Lipinski definition) is 6. The van der Waals surface area contributed by atoms with Crippen molar-refractivity contribution in [3.05, 3.63) is 23.3 Å². The Hall–Kier alpha value is -1.84. The maximum atomic E-state index is 10.3. The molecule has 0 bridgehead atoms. The molecule has 8 nitrogen and oxygen atoms in total. The van der Waals surface area contributed by atoms with Crippen molar-refractivity contribution in [1.82, 2.24) is 0 Å². The fraction of sp³-hybridized carbons (Fsp3) is 0.682. The van der Waals surface area contributed by atoms with Gasteiger partial charge in [0.2, 0.25) is 0 Å². The van der Waals surface area contributed by atoms with Gasteiger partial charge in [0.15, 0.2) is 5.60 Å². The van der Waals surface area contributed by atoms with E-state index in [0.717, 1.165) is 0 Å². The summed E-state index contributed by atoms with van der Waals surface area (Å²) in [7, 11) is 0. The minimum absolute atomic E-state index is 1.18. The standard InChI is InChI=1S/C16H31NS.C6H8O7/c1-6-17(7-2)12-14-18-13-11-16(5)10-8-9-15(3)4;7-3(8)1-6(13,5(11)12)2-4(9)10/h9,11H,6-8,10,12-14H2,1-5H3;13H,1-2H2,(H,7,8)(H,9,10)(H,11,12)/b16-11+;. The van der Waals surface area contributed by atoms with E-state index in [1.807, 2.05) is 0 Å². The number of nitrogens with one attached hydrogen (secondary N) is 1. The second kappa shape index (κ2) is 17.8. The van der Waals surface area contributed by atoms with E-state index in [0.29, 0.717) is 0 Å². The first kappa shape index (κ1) is 31.3. The lowest BCUT2D eigenvalue weighted by Crippen LogP contribution is -3.11. The molecule has 0 saturated carbocycles. The van der Waals surface area contributed by atoms with Gasteiger partial charge in [0, 0.05) is 23.9 Å². The third kappa shape index (κ3) is 18.6. The van der Waals surface area contributed by atoms with Crippen LogP contribution < -0.4 is 10.0 Å². The van der Waals surface area contributed by atoms with Gasteiger partial charge in [-0.1, -0.05) is 23.3 Å². The molecule has 0 heterocycles. The van der Waals surface area contributed by atoms with Crippen molar-refractivity contribution >= 4 is 29.7 Å². The Morgan fingerprint density at radius 2 is 1.61 bits per heavy atom. The summed E-state index contributed by atoms with van der Waals surface area (Å²) in [5.74, 6) is -2.87. The van der Waals surface area contributed by atoms with Crippen molar-refractivity contribution in [2.75, 3.05) is 31.1 Å². The van der Waals surface area contributed by atoms with E-state index in [4.69, 9.17) is 15.3 Å². The van der Waals surface area contributed by atoms with Crippen LogP contribution in [-0.4, -0.2) is 70.0 Å². The summed E-state index contributed by atoms with van der Waals surface area (Å²) in [4.78, 5) is 32.0. The van der Waals surface area contributed by atoms with Crippen LogP contribution in [0.25, 0.3) is 0 Å². The van der Waals surface area contributed by atoms with Gasteiger partial charge >= 0.3 is 11.9 Å². The van der Waals surface area contributed by atoms with Crippen molar-refractivity contribution in [3.8, 4) is 0 Å². The minimum atomic E-state index is -2.80. The molecule has 0 fully saturated rings. The zero-order valence-corrected chi connectivity index (χ0v) is 20.2. The van der Waals surface area contributed by atoms with Crippen LogP contribution in [0.3, 0.4) is 0 Å². The Morgan fingerprint density at radius 3 is 2.03 bits per heavy atom. The molecule has 0 spiro atoms. The summed E-state index contributed by atoms with van der Waals surface area (Å²) in [6.07, 6.45) is 4.70. The summed E-state index contributed by atoms with van der Waals surface area (Å²) >= 11 is 2.07. The highest BCUT2D eigenvalue weighted by atomic mass is 32.2. The molecule has 31 heavy (non-hydrogen) atoms. The lowest BCUT2D eigenvalue weighted by atomic mass is 9.96. The summed E-state index contributed by atoms with van der Waals surface area (Å²) in [6.45, 7) is 15.0. The lowest BCUT2D eigenvalue weighted by Gasteiger charge is -2.21. The first-order chi connectivity index (χ1) is 14.4. The molecule has 9 heteroatoms. The average molecular weight is 462 g/mol. The Labute approximate surface area is 190 Å². The predicted molar refractivity (Wildman–Crippen MR) is 121 cm³/mol. The molecule has 0 aliphatic rings. The van der Waals surface area contributed by atoms with Crippen molar-refractivity contribution in [2.24, 2.45) is 0 Å². The Kier molecular flexibility index (Phi) is 18.0. The number of hydrogen-bond donors (Lipinski definition) is 4. The number of aliphatic carboxylic acids is 3. The minimum Gasteiger partial charge on any atom is -0.550 e. The molecule has 4 N–H and O–H groups in total. The quantitative estimate of drug-likeness (QED) is 0.207. The van der Waals surface area contributed by atoms with E-state index in [1.165, 1.54) is 55.1 Å². The van der Waals surface area contributed by atoms with Gasteiger partial charge in [-0.15, -0.1) is 0 Å². The van der Waals surface area contributed by atoms with E-state index >= 15 is 0 Å². The highest BCUT2D eigenvalue weighted by molar-refractivity contribution is 7.99. The SMILES string of the molecule is CC[NH+](CC)CCSC/C=C(\C)CCC=C(C)C.O=C([O-])CC(O)(CC(=O)O)C(=O)O. The van der Waals surface area contributed by atoms with Crippen molar-refractivity contribution in [3.63, 3.8) is 0 Å². The molecule has 180 valence electrons. The molecular formula is C22H39NO7S. The Balaban J connectivity index is 0. The van der Waals surface area contributed by atoms with Crippen LogP contribution in [0.1, 0.15) is 60.3 Å². The Bertz CT molecular complexity index is 593. The lowest BCUT2D eigenvalue weighted by molar-refractivity contribution is -0.893. The van der Waals surface area contributed by atoms with Crippen LogP contribution in [-0.2, 0) is 14.4 Å².